The maximum absolute atomic E-state index is 12.3. The van der Waals surface area contributed by atoms with Crippen molar-refractivity contribution in [1.29, 1.82) is 0 Å². The van der Waals surface area contributed by atoms with Crippen molar-refractivity contribution in [2.24, 2.45) is 0 Å². The molecular weight excluding hydrogens is 282 g/mol. The van der Waals surface area contributed by atoms with Gasteiger partial charge in [-0.15, -0.1) is 0 Å². The summed E-state index contributed by atoms with van der Waals surface area (Å²) in [7, 11) is 0. The number of benzene rings is 1. The molecule has 1 aliphatic rings. The van der Waals surface area contributed by atoms with Gasteiger partial charge in [0.2, 0.25) is 0 Å². The van der Waals surface area contributed by atoms with E-state index in [9.17, 15) is 13.6 Å². The van der Waals surface area contributed by atoms with Crippen LogP contribution in [0.5, 0.6) is 5.75 Å². The second-order valence-electron chi connectivity index (χ2n) is 4.97. The average molecular weight is 300 g/mol. The van der Waals surface area contributed by atoms with Crippen LogP contribution in [-0.2, 0) is 4.74 Å². The molecule has 1 aliphatic heterocycles. The van der Waals surface area contributed by atoms with Crippen LogP contribution in [-0.4, -0.2) is 42.8 Å². The molecule has 0 bridgehead atoms. The Morgan fingerprint density at radius 3 is 2.57 bits per heavy atom. The summed E-state index contributed by atoms with van der Waals surface area (Å²) in [5.74, 6) is -0.0600. The maximum Gasteiger partial charge on any atom is 0.387 e. The Morgan fingerprint density at radius 2 is 1.95 bits per heavy atom. The van der Waals surface area contributed by atoms with Gasteiger partial charge >= 0.3 is 12.6 Å². The van der Waals surface area contributed by atoms with Crippen molar-refractivity contribution < 1.29 is 23.0 Å². The highest BCUT2D eigenvalue weighted by molar-refractivity contribution is 5.91. The van der Waals surface area contributed by atoms with E-state index in [1.165, 1.54) is 12.1 Å². The molecule has 1 saturated heterocycles. The first kappa shape index (κ1) is 15.5. The molecule has 0 unspecified atom stereocenters. The lowest BCUT2D eigenvalue weighted by Gasteiger charge is -2.35. The molecule has 116 valence electrons. The molecule has 21 heavy (non-hydrogen) atoms. The normalized spacial score (nSPS) is 22.2. The first-order valence-electron chi connectivity index (χ1n) is 6.71. The van der Waals surface area contributed by atoms with Crippen LogP contribution in [0, 0.1) is 0 Å². The number of carbonyl (C=O) groups excluding carboxylic acids is 1. The highest BCUT2D eigenvalue weighted by Gasteiger charge is 2.26. The number of nitrogens with one attached hydrogen (secondary N) is 1. The molecule has 0 spiro atoms. The fraction of sp³-hybridized carbons (Fsp3) is 0.500. The summed E-state index contributed by atoms with van der Waals surface area (Å²) < 4.78 is 34.6. The van der Waals surface area contributed by atoms with Crippen LogP contribution in [0.1, 0.15) is 13.8 Å². The van der Waals surface area contributed by atoms with Crippen molar-refractivity contribution in [2.75, 3.05) is 18.4 Å². The number of rotatable bonds is 3. The lowest BCUT2D eigenvalue weighted by Crippen LogP contribution is -2.49. The van der Waals surface area contributed by atoms with Gasteiger partial charge in [0.05, 0.1) is 17.9 Å². The zero-order valence-corrected chi connectivity index (χ0v) is 11.9. The smallest absolute Gasteiger partial charge is 0.387 e. The SMILES string of the molecule is C[C@H]1CN(C(=O)Nc2ccccc2OC(F)F)C[C@H](C)O1. The van der Waals surface area contributed by atoms with Gasteiger partial charge in [0.25, 0.3) is 0 Å². The van der Waals surface area contributed by atoms with Gasteiger partial charge in [-0.25, -0.2) is 4.79 Å². The molecule has 0 saturated carbocycles. The molecule has 7 heteroatoms. The van der Waals surface area contributed by atoms with E-state index >= 15 is 0 Å². The highest BCUT2D eigenvalue weighted by atomic mass is 19.3. The van der Waals surface area contributed by atoms with Gasteiger partial charge in [-0.1, -0.05) is 12.1 Å². The van der Waals surface area contributed by atoms with Crippen molar-refractivity contribution in [3.63, 3.8) is 0 Å². The molecule has 2 amide bonds. The van der Waals surface area contributed by atoms with Crippen LogP contribution in [0.3, 0.4) is 0 Å². The monoisotopic (exact) mass is 300 g/mol. The van der Waals surface area contributed by atoms with E-state index in [0.29, 0.717) is 13.1 Å². The second-order valence-corrected chi connectivity index (χ2v) is 4.97. The quantitative estimate of drug-likeness (QED) is 0.933. The average Bonchev–Trinajstić information content (AvgIpc) is 2.39. The molecular formula is C14H18F2N2O3. The number of anilines is 1. The summed E-state index contributed by atoms with van der Waals surface area (Å²) >= 11 is 0. The lowest BCUT2D eigenvalue weighted by molar-refractivity contribution is -0.0531. The molecule has 1 aromatic carbocycles. The van der Waals surface area contributed by atoms with Crippen molar-refractivity contribution in [3.05, 3.63) is 24.3 Å². The predicted octanol–water partition coefficient (Wildman–Crippen LogP) is 2.93. The summed E-state index contributed by atoms with van der Waals surface area (Å²) in [5, 5.41) is 2.60. The molecule has 0 aromatic heterocycles. The lowest BCUT2D eigenvalue weighted by atomic mass is 10.2. The molecule has 1 fully saturated rings. The number of urea groups is 1. The summed E-state index contributed by atoms with van der Waals surface area (Å²) in [6, 6.07) is 5.74. The minimum atomic E-state index is -2.94. The molecule has 1 heterocycles. The molecule has 2 atom stereocenters. The van der Waals surface area contributed by atoms with Crippen molar-refractivity contribution in [3.8, 4) is 5.75 Å². The molecule has 0 aliphatic carbocycles. The number of alkyl halides is 2. The minimum Gasteiger partial charge on any atom is -0.433 e. The van der Waals surface area contributed by atoms with Crippen LogP contribution in [0.4, 0.5) is 19.3 Å². The third-order valence-corrected chi connectivity index (χ3v) is 3.05. The van der Waals surface area contributed by atoms with Crippen LogP contribution < -0.4 is 10.1 Å². The first-order chi connectivity index (χ1) is 9.95. The summed E-state index contributed by atoms with van der Waals surface area (Å²) in [6.45, 7) is 1.72. The zero-order valence-electron chi connectivity index (χ0n) is 11.9. The number of morpholine rings is 1. The number of nitrogens with zero attached hydrogens (tertiary/aromatic N) is 1. The fourth-order valence-corrected chi connectivity index (χ4v) is 2.31. The molecule has 1 aromatic rings. The number of hydrogen-bond acceptors (Lipinski definition) is 3. The standard InChI is InChI=1S/C14H18F2N2O3/c1-9-7-18(8-10(2)20-9)14(19)17-11-5-3-4-6-12(11)21-13(15)16/h3-6,9-10,13H,7-8H2,1-2H3,(H,17,19)/t9-,10-/m0/s1. The van der Waals surface area contributed by atoms with Gasteiger partial charge in [0.1, 0.15) is 5.75 Å². The number of ether oxygens (including phenoxy) is 2. The fourth-order valence-electron chi connectivity index (χ4n) is 2.31. The highest BCUT2D eigenvalue weighted by Crippen LogP contribution is 2.26. The van der Waals surface area contributed by atoms with Gasteiger partial charge < -0.3 is 19.7 Å². The third kappa shape index (κ3) is 4.29. The number of para-hydroxylation sites is 2. The largest absolute Gasteiger partial charge is 0.433 e. The van der Waals surface area contributed by atoms with E-state index < -0.39 is 6.61 Å². The Bertz CT molecular complexity index is 489. The van der Waals surface area contributed by atoms with Gasteiger partial charge in [-0.05, 0) is 26.0 Å². The number of amides is 2. The maximum atomic E-state index is 12.3. The predicted molar refractivity (Wildman–Crippen MR) is 73.7 cm³/mol. The van der Waals surface area contributed by atoms with E-state index in [1.807, 2.05) is 13.8 Å². The van der Waals surface area contributed by atoms with Crippen LogP contribution >= 0.6 is 0 Å². The van der Waals surface area contributed by atoms with E-state index in [0.717, 1.165) is 0 Å². The Balaban J connectivity index is 2.05. The Morgan fingerprint density at radius 1 is 1.33 bits per heavy atom. The van der Waals surface area contributed by atoms with Gasteiger partial charge in [0.15, 0.2) is 0 Å². The minimum absolute atomic E-state index is 0.0600. The molecule has 0 radical (unpaired) electrons. The van der Waals surface area contributed by atoms with E-state index in [-0.39, 0.29) is 29.7 Å². The summed E-state index contributed by atoms with van der Waals surface area (Å²) in [5.41, 5.74) is 0.217. The third-order valence-electron chi connectivity index (χ3n) is 3.05. The molecule has 2 rings (SSSR count). The number of carbonyl (C=O) groups is 1. The number of hydrogen-bond donors (Lipinski definition) is 1. The van der Waals surface area contributed by atoms with E-state index in [4.69, 9.17) is 4.74 Å². The summed E-state index contributed by atoms with van der Waals surface area (Å²) in [4.78, 5) is 13.8. The van der Waals surface area contributed by atoms with Crippen molar-refractivity contribution in [2.45, 2.75) is 32.7 Å². The van der Waals surface area contributed by atoms with Crippen molar-refractivity contribution in [1.82, 2.24) is 4.90 Å². The van der Waals surface area contributed by atoms with Gasteiger partial charge in [-0.3, -0.25) is 0 Å². The van der Waals surface area contributed by atoms with E-state index in [1.54, 1.807) is 17.0 Å². The first-order valence-corrected chi connectivity index (χ1v) is 6.71. The summed E-state index contributed by atoms with van der Waals surface area (Å²) in [6.07, 6.45) is -0.126. The Hall–Kier alpha value is -1.89. The zero-order chi connectivity index (χ0) is 15.4. The van der Waals surface area contributed by atoms with Crippen LogP contribution in [0.25, 0.3) is 0 Å². The Kier molecular flexibility index (Phi) is 4.95. The Labute approximate surface area is 121 Å². The second kappa shape index (κ2) is 6.71. The molecule has 1 N–H and O–H groups in total. The van der Waals surface area contributed by atoms with Crippen LogP contribution in [0.2, 0.25) is 0 Å². The van der Waals surface area contributed by atoms with Gasteiger partial charge in [-0.2, -0.15) is 8.78 Å². The topological polar surface area (TPSA) is 50.8 Å². The number of halogens is 2. The molecule has 5 nitrogen and oxygen atoms in total. The van der Waals surface area contributed by atoms with Crippen LogP contribution in [0.15, 0.2) is 24.3 Å². The van der Waals surface area contributed by atoms with Gasteiger partial charge in [0, 0.05) is 13.1 Å². The van der Waals surface area contributed by atoms with Crippen molar-refractivity contribution >= 4 is 11.7 Å². The van der Waals surface area contributed by atoms with E-state index in [2.05, 4.69) is 10.1 Å².